The second-order valence-corrected chi connectivity index (χ2v) is 6.50. The molecule has 0 saturated heterocycles. The number of rotatable bonds is 4. The van der Waals surface area contributed by atoms with Gasteiger partial charge >= 0.3 is 5.97 Å². The van der Waals surface area contributed by atoms with Crippen LogP contribution in [0.2, 0.25) is 0 Å². The molecule has 0 radical (unpaired) electrons. The van der Waals surface area contributed by atoms with E-state index in [0.717, 1.165) is 27.6 Å². The number of methoxy groups -OCH3 is 2. The Bertz CT molecular complexity index is 1270. The molecular formula is C21H19N3O4. The third-order valence-corrected chi connectivity index (χ3v) is 4.89. The average Bonchev–Trinajstić information content (AvgIpc) is 3.01. The topological polar surface area (TPSA) is 75.3 Å². The predicted molar refractivity (Wildman–Crippen MR) is 106 cm³/mol. The summed E-state index contributed by atoms with van der Waals surface area (Å²) < 4.78 is 13.3. The number of hydrogen-bond acceptors (Lipinski definition) is 5. The minimum atomic E-state index is -0.416. The Hall–Kier alpha value is -3.61. The molecular weight excluding hydrogens is 358 g/mol. The van der Waals surface area contributed by atoms with Crippen molar-refractivity contribution < 1.29 is 14.3 Å². The molecule has 0 aliphatic rings. The zero-order chi connectivity index (χ0) is 19.8. The van der Waals surface area contributed by atoms with E-state index in [9.17, 15) is 9.59 Å². The number of hydrogen-bond donors (Lipinski definition) is 0. The maximum Gasteiger partial charge on any atom is 0.337 e. The van der Waals surface area contributed by atoms with E-state index < -0.39 is 5.97 Å². The summed E-state index contributed by atoms with van der Waals surface area (Å²) in [6.07, 6.45) is 1.69. The fourth-order valence-corrected chi connectivity index (χ4v) is 3.46. The van der Waals surface area contributed by atoms with E-state index in [2.05, 4.69) is 5.10 Å². The second-order valence-electron chi connectivity index (χ2n) is 6.50. The third-order valence-electron chi connectivity index (χ3n) is 4.89. The zero-order valence-corrected chi connectivity index (χ0v) is 15.8. The molecule has 0 amide bonds. The van der Waals surface area contributed by atoms with Crippen molar-refractivity contribution in [2.45, 2.75) is 6.54 Å². The first-order valence-corrected chi connectivity index (χ1v) is 8.73. The first-order chi connectivity index (χ1) is 13.5. The lowest BCUT2D eigenvalue weighted by atomic mass is 10.1. The summed E-state index contributed by atoms with van der Waals surface area (Å²) in [6.45, 7) is 0.334. The van der Waals surface area contributed by atoms with Crippen molar-refractivity contribution in [2.75, 3.05) is 14.2 Å². The molecule has 2 aromatic heterocycles. The van der Waals surface area contributed by atoms with Gasteiger partial charge in [-0.05, 0) is 29.8 Å². The highest BCUT2D eigenvalue weighted by atomic mass is 16.5. The van der Waals surface area contributed by atoms with Gasteiger partial charge in [0.2, 0.25) is 0 Å². The van der Waals surface area contributed by atoms with E-state index in [0.29, 0.717) is 17.6 Å². The lowest BCUT2D eigenvalue weighted by Gasteiger charge is -2.07. The molecule has 0 bridgehead atoms. The smallest absolute Gasteiger partial charge is 0.337 e. The Morgan fingerprint density at radius 1 is 1.11 bits per heavy atom. The number of aryl methyl sites for hydroxylation is 1. The number of carbonyl (C=O) groups is 1. The van der Waals surface area contributed by atoms with Crippen molar-refractivity contribution >= 4 is 27.8 Å². The maximum absolute atomic E-state index is 13.1. The Morgan fingerprint density at radius 2 is 1.93 bits per heavy atom. The van der Waals surface area contributed by atoms with Crippen molar-refractivity contribution in [2.24, 2.45) is 7.05 Å². The van der Waals surface area contributed by atoms with Gasteiger partial charge in [0.05, 0.1) is 32.5 Å². The number of nitrogens with zero attached hydrogens (tertiary/aromatic N) is 3. The van der Waals surface area contributed by atoms with Crippen molar-refractivity contribution in [3.05, 3.63) is 70.1 Å². The lowest BCUT2D eigenvalue weighted by Crippen LogP contribution is -2.24. The maximum atomic E-state index is 13.1. The fourth-order valence-electron chi connectivity index (χ4n) is 3.46. The minimum absolute atomic E-state index is 0.196. The first-order valence-electron chi connectivity index (χ1n) is 8.73. The summed E-state index contributed by atoms with van der Waals surface area (Å²) >= 11 is 0. The van der Waals surface area contributed by atoms with Gasteiger partial charge in [-0.1, -0.05) is 18.2 Å². The van der Waals surface area contributed by atoms with Crippen LogP contribution in [0.1, 0.15) is 15.9 Å². The van der Waals surface area contributed by atoms with Crippen LogP contribution in [0.5, 0.6) is 5.75 Å². The number of fused-ring (bicyclic) bond motifs is 3. The van der Waals surface area contributed by atoms with Gasteiger partial charge in [0.1, 0.15) is 11.3 Å². The molecule has 7 heteroatoms. The number of carbonyl (C=O) groups excluding carboxylic acids is 1. The van der Waals surface area contributed by atoms with Gasteiger partial charge in [-0.2, -0.15) is 5.10 Å². The monoisotopic (exact) mass is 377 g/mol. The van der Waals surface area contributed by atoms with E-state index in [1.165, 1.54) is 11.8 Å². The average molecular weight is 377 g/mol. The largest absolute Gasteiger partial charge is 0.497 e. The molecule has 0 atom stereocenters. The van der Waals surface area contributed by atoms with Gasteiger partial charge in [-0.3, -0.25) is 4.79 Å². The van der Waals surface area contributed by atoms with Crippen molar-refractivity contribution in [3.8, 4) is 5.75 Å². The van der Waals surface area contributed by atoms with Gasteiger partial charge in [0, 0.05) is 23.3 Å². The quantitative estimate of drug-likeness (QED) is 0.511. The molecule has 0 spiro atoms. The number of benzene rings is 2. The zero-order valence-electron chi connectivity index (χ0n) is 15.8. The van der Waals surface area contributed by atoms with Gasteiger partial charge < -0.3 is 14.0 Å². The van der Waals surface area contributed by atoms with E-state index >= 15 is 0 Å². The SMILES string of the molecule is COC(=O)c1ccc2c3cnn(Cc4cccc(OC)c4)c(=O)c3n(C)c2c1. The van der Waals surface area contributed by atoms with Crippen LogP contribution in [0.25, 0.3) is 21.8 Å². The van der Waals surface area contributed by atoms with Crippen LogP contribution < -0.4 is 10.3 Å². The van der Waals surface area contributed by atoms with Crippen LogP contribution in [0.3, 0.4) is 0 Å². The van der Waals surface area contributed by atoms with Crippen LogP contribution in [0.4, 0.5) is 0 Å². The standard InChI is InChI=1S/C21H19N3O4/c1-23-18-10-14(21(26)28-3)7-8-16(18)17-11-22-24(20(25)19(17)23)12-13-5-4-6-15(9-13)27-2/h4-11H,12H2,1-3H3. The molecule has 4 aromatic rings. The summed E-state index contributed by atoms with van der Waals surface area (Å²) in [7, 11) is 4.76. The van der Waals surface area contributed by atoms with Crippen molar-refractivity contribution in [1.29, 1.82) is 0 Å². The molecule has 7 nitrogen and oxygen atoms in total. The number of esters is 1. The second kappa shape index (κ2) is 6.84. The highest BCUT2D eigenvalue weighted by Gasteiger charge is 2.16. The predicted octanol–water partition coefficient (Wildman–Crippen LogP) is 2.73. The van der Waals surface area contributed by atoms with E-state index in [1.807, 2.05) is 37.4 Å². The van der Waals surface area contributed by atoms with Gasteiger partial charge in [-0.25, -0.2) is 9.48 Å². The van der Waals surface area contributed by atoms with E-state index in [1.54, 1.807) is 30.0 Å². The van der Waals surface area contributed by atoms with Crippen molar-refractivity contribution in [1.82, 2.24) is 14.3 Å². The highest BCUT2D eigenvalue weighted by molar-refractivity contribution is 6.09. The Morgan fingerprint density at radius 3 is 2.68 bits per heavy atom. The van der Waals surface area contributed by atoms with Crippen LogP contribution in [0.15, 0.2) is 53.5 Å². The van der Waals surface area contributed by atoms with Gasteiger partial charge in [0.15, 0.2) is 0 Å². The third kappa shape index (κ3) is 2.81. The van der Waals surface area contributed by atoms with E-state index in [-0.39, 0.29) is 5.56 Å². The molecule has 142 valence electrons. The minimum Gasteiger partial charge on any atom is -0.497 e. The molecule has 0 unspecified atom stereocenters. The van der Waals surface area contributed by atoms with Crippen LogP contribution in [0, 0.1) is 0 Å². The summed E-state index contributed by atoms with van der Waals surface area (Å²) in [5.74, 6) is 0.312. The summed E-state index contributed by atoms with van der Waals surface area (Å²) in [5.41, 5.74) is 2.47. The van der Waals surface area contributed by atoms with Crippen LogP contribution >= 0.6 is 0 Å². The van der Waals surface area contributed by atoms with Crippen LogP contribution in [-0.2, 0) is 18.3 Å². The van der Waals surface area contributed by atoms with E-state index in [4.69, 9.17) is 9.47 Å². The molecule has 28 heavy (non-hydrogen) atoms. The molecule has 2 aromatic carbocycles. The van der Waals surface area contributed by atoms with Gasteiger partial charge in [0.25, 0.3) is 5.56 Å². The summed E-state index contributed by atoms with van der Waals surface area (Å²) in [4.78, 5) is 24.9. The summed E-state index contributed by atoms with van der Waals surface area (Å²) in [5, 5.41) is 5.97. The molecule has 0 fully saturated rings. The Labute approximate surface area is 160 Å². The molecule has 4 rings (SSSR count). The molecule has 0 N–H and O–H groups in total. The molecule has 2 heterocycles. The lowest BCUT2D eigenvalue weighted by molar-refractivity contribution is 0.0601. The number of aromatic nitrogens is 3. The first kappa shape index (κ1) is 17.8. The molecule has 0 aliphatic carbocycles. The van der Waals surface area contributed by atoms with Crippen molar-refractivity contribution in [3.63, 3.8) is 0 Å². The van der Waals surface area contributed by atoms with Crippen LogP contribution in [-0.4, -0.2) is 34.5 Å². The molecule has 0 saturated carbocycles. The normalized spacial score (nSPS) is 11.1. The Balaban J connectivity index is 1.86. The highest BCUT2D eigenvalue weighted by Crippen LogP contribution is 2.26. The fraction of sp³-hybridized carbons (Fsp3) is 0.190. The Kier molecular flexibility index (Phi) is 4.35. The molecule has 0 aliphatic heterocycles. The summed E-state index contributed by atoms with van der Waals surface area (Å²) in [6, 6.07) is 12.8. The number of ether oxygens (including phenoxy) is 2. The van der Waals surface area contributed by atoms with Gasteiger partial charge in [-0.15, -0.1) is 0 Å².